The van der Waals surface area contributed by atoms with Gasteiger partial charge in [-0.15, -0.1) is 0 Å². The summed E-state index contributed by atoms with van der Waals surface area (Å²) in [5.74, 6) is 2.47. The summed E-state index contributed by atoms with van der Waals surface area (Å²) in [5, 5.41) is 0. The second-order valence-corrected chi connectivity index (χ2v) is 6.56. The Balaban J connectivity index is 2.00. The molecule has 0 aromatic heterocycles. The lowest BCUT2D eigenvalue weighted by molar-refractivity contribution is 0.103. The van der Waals surface area contributed by atoms with Crippen molar-refractivity contribution in [2.45, 2.75) is 13.3 Å². The molecule has 2 aromatic carbocycles. The number of carbonyl (C=O) groups is 1. The third kappa shape index (κ3) is 3.63. The van der Waals surface area contributed by atoms with E-state index in [1.54, 1.807) is 20.3 Å². The van der Waals surface area contributed by atoms with Crippen LogP contribution >= 0.6 is 0 Å². The van der Waals surface area contributed by atoms with Gasteiger partial charge >= 0.3 is 0 Å². The Hall–Kier alpha value is -3.15. The van der Waals surface area contributed by atoms with Gasteiger partial charge in [0, 0.05) is 30.8 Å². The van der Waals surface area contributed by atoms with Crippen molar-refractivity contribution in [3.05, 3.63) is 47.0 Å². The summed E-state index contributed by atoms with van der Waals surface area (Å²) in [5.41, 5.74) is 2.91. The van der Waals surface area contributed by atoms with Crippen LogP contribution in [0.4, 0.5) is 5.69 Å². The van der Waals surface area contributed by atoms with E-state index in [0.29, 0.717) is 34.8 Å². The molecule has 0 radical (unpaired) electrons. The SMILES string of the molecule is CCC(=Cc1ccc2c(c1OC)OCO2)C(=O)c1ccc(OC)c(N(C)C)c1. The maximum absolute atomic E-state index is 13.2. The van der Waals surface area contributed by atoms with Crippen molar-refractivity contribution >= 4 is 17.5 Å². The number of rotatable bonds is 7. The number of hydrogen-bond acceptors (Lipinski definition) is 6. The normalized spacial score (nSPS) is 12.7. The molecule has 0 unspecified atom stereocenters. The van der Waals surface area contributed by atoms with Gasteiger partial charge < -0.3 is 23.8 Å². The molecule has 6 nitrogen and oxygen atoms in total. The molecule has 2 aromatic rings. The number of ketones is 1. The lowest BCUT2D eigenvalue weighted by Crippen LogP contribution is -2.12. The summed E-state index contributed by atoms with van der Waals surface area (Å²) in [4.78, 5) is 15.1. The third-order valence-corrected chi connectivity index (χ3v) is 4.65. The van der Waals surface area contributed by atoms with Crippen LogP contribution in [0.1, 0.15) is 29.3 Å². The van der Waals surface area contributed by atoms with Crippen molar-refractivity contribution in [3.63, 3.8) is 0 Å². The van der Waals surface area contributed by atoms with E-state index in [2.05, 4.69) is 0 Å². The predicted molar refractivity (Wildman–Crippen MR) is 109 cm³/mol. The van der Waals surface area contributed by atoms with E-state index in [4.69, 9.17) is 18.9 Å². The first-order valence-corrected chi connectivity index (χ1v) is 9.07. The minimum atomic E-state index is -0.0343. The Bertz CT molecular complexity index is 917. The molecule has 0 amide bonds. The van der Waals surface area contributed by atoms with Crippen molar-refractivity contribution in [1.29, 1.82) is 0 Å². The monoisotopic (exact) mass is 383 g/mol. The molecule has 28 heavy (non-hydrogen) atoms. The first-order chi connectivity index (χ1) is 13.5. The lowest BCUT2D eigenvalue weighted by Gasteiger charge is -2.18. The second kappa shape index (κ2) is 8.25. The minimum Gasteiger partial charge on any atom is -0.495 e. The van der Waals surface area contributed by atoms with E-state index in [1.165, 1.54) is 0 Å². The number of nitrogens with zero attached hydrogens (tertiary/aromatic N) is 1. The molecule has 3 rings (SSSR count). The number of anilines is 1. The van der Waals surface area contributed by atoms with E-state index in [-0.39, 0.29) is 12.6 Å². The molecule has 0 saturated heterocycles. The number of ether oxygens (including phenoxy) is 4. The number of allylic oxidation sites excluding steroid dienone is 1. The van der Waals surface area contributed by atoms with Crippen LogP contribution < -0.4 is 23.8 Å². The molecule has 1 aliphatic heterocycles. The van der Waals surface area contributed by atoms with Crippen LogP contribution in [0.15, 0.2) is 35.9 Å². The predicted octanol–water partition coefficient (Wildman–Crippen LogP) is 4.17. The molecule has 1 heterocycles. The van der Waals surface area contributed by atoms with Gasteiger partial charge in [-0.25, -0.2) is 0 Å². The van der Waals surface area contributed by atoms with Crippen LogP contribution in [0.25, 0.3) is 6.08 Å². The van der Waals surface area contributed by atoms with Gasteiger partial charge in [-0.2, -0.15) is 0 Å². The zero-order valence-electron chi connectivity index (χ0n) is 16.9. The number of benzene rings is 2. The first kappa shape index (κ1) is 19.6. The van der Waals surface area contributed by atoms with Crippen LogP contribution in [0, 0.1) is 0 Å². The minimum absolute atomic E-state index is 0.0343. The highest BCUT2D eigenvalue weighted by atomic mass is 16.7. The summed E-state index contributed by atoms with van der Waals surface area (Å²) in [7, 11) is 7.03. The molecule has 0 N–H and O–H groups in total. The summed E-state index contributed by atoms with van der Waals surface area (Å²) in [6, 6.07) is 9.15. The molecular formula is C22H25NO5. The average molecular weight is 383 g/mol. The molecule has 0 bridgehead atoms. The van der Waals surface area contributed by atoms with Crippen LogP contribution in [0.3, 0.4) is 0 Å². The summed E-state index contributed by atoms with van der Waals surface area (Å²) >= 11 is 0. The van der Waals surface area contributed by atoms with Gasteiger partial charge in [0.1, 0.15) is 5.75 Å². The number of methoxy groups -OCH3 is 2. The van der Waals surface area contributed by atoms with Crippen LogP contribution in [-0.2, 0) is 0 Å². The fourth-order valence-electron chi connectivity index (χ4n) is 3.17. The maximum Gasteiger partial charge on any atom is 0.231 e. The fourth-order valence-corrected chi connectivity index (χ4v) is 3.17. The van der Waals surface area contributed by atoms with Gasteiger partial charge in [-0.1, -0.05) is 6.92 Å². The Morgan fingerprint density at radius 2 is 1.93 bits per heavy atom. The van der Waals surface area contributed by atoms with E-state index < -0.39 is 0 Å². The van der Waals surface area contributed by atoms with E-state index in [9.17, 15) is 4.79 Å². The van der Waals surface area contributed by atoms with Crippen molar-refractivity contribution in [1.82, 2.24) is 0 Å². The number of hydrogen-bond donors (Lipinski definition) is 0. The highest BCUT2D eigenvalue weighted by Gasteiger charge is 2.22. The highest BCUT2D eigenvalue weighted by molar-refractivity contribution is 6.12. The maximum atomic E-state index is 13.2. The smallest absolute Gasteiger partial charge is 0.231 e. The van der Waals surface area contributed by atoms with Crippen molar-refractivity contribution in [2.75, 3.05) is 40.0 Å². The van der Waals surface area contributed by atoms with Gasteiger partial charge in [0.15, 0.2) is 17.3 Å². The number of carbonyl (C=O) groups excluding carboxylic acids is 1. The lowest BCUT2D eigenvalue weighted by atomic mass is 9.97. The number of fused-ring (bicyclic) bond motifs is 1. The van der Waals surface area contributed by atoms with Gasteiger partial charge in [-0.05, 0) is 42.8 Å². The van der Waals surface area contributed by atoms with E-state index in [0.717, 1.165) is 17.0 Å². The zero-order chi connectivity index (χ0) is 20.3. The highest BCUT2D eigenvalue weighted by Crippen LogP contribution is 2.44. The Labute approximate surface area is 165 Å². The van der Waals surface area contributed by atoms with Crippen molar-refractivity contribution < 1.29 is 23.7 Å². The standard InChI is InChI=1S/C22H25NO5/c1-6-14(11-16-8-10-19-22(21(16)26-5)28-13-27-19)20(24)15-7-9-18(25-4)17(12-15)23(2)3/h7-12H,6,13H2,1-5H3. The molecular weight excluding hydrogens is 358 g/mol. The van der Waals surface area contributed by atoms with Gasteiger partial charge in [0.25, 0.3) is 0 Å². The first-order valence-electron chi connectivity index (χ1n) is 9.07. The second-order valence-electron chi connectivity index (χ2n) is 6.56. The van der Waals surface area contributed by atoms with E-state index in [1.807, 2.05) is 56.3 Å². The quantitative estimate of drug-likeness (QED) is 0.528. The molecule has 0 fully saturated rings. The topological polar surface area (TPSA) is 57.2 Å². The van der Waals surface area contributed by atoms with Gasteiger partial charge in [-0.3, -0.25) is 4.79 Å². The van der Waals surface area contributed by atoms with Gasteiger partial charge in [0.2, 0.25) is 12.5 Å². The van der Waals surface area contributed by atoms with Crippen molar-refractivity contribution in [3.8, 4) is 23.0 Å². The Morgan fingerprint density at radius 3 is 2.57 bits per heavy atom. The van der Waals surface area contributed by atoms with Gasteiger partial charge in [0.05, 0.1) is 19.9 Å². The largest absolute Gasteiger partial charge is 0.495 e. The Kier molecular flexibility index (Phi) is 5.78. The third-order valence-electron chi connectivity index (χ3n) is 4.65. The molecule has 148 valence electrons. The van der Waals surface area contributed by atoms with Crippen LogP contribution in [-0.4, -0.2) is 40.9 Å². The fraction of sp³-hybridized carbons (Fsp3) is 0.318. The zero-order valence-corrected chi connectivity index (χ0v) is 16.9. The Morgan fingerprint density at radius 1 is 1.14 bits per heavy atom. The summed E-state index contributed by atoms with van der Waals surface area (Å²) in [6.45, 7) is 2.12. The molecule has 1 aliphatic rings. The molecule has 0 aliphatic carbocycles. The molecule has 6 heteroatoms. The van der Waals surface area contributed by atoms with Crippen LogP contribution in [0.5, 0.6) is 23.0 Å². The summed E-state index contributed by atoms with van der Waals surface area (Å²) in [6.07, 6.45) is 2.43. The van der Waals surface area contributed by atoms with E-state index >= 15 is 0 Å². The summed E-state index contributed by atoms with van der Waals surface area (Å²) < 4.78 is 21.8. The van der Waals surface area contributed by atoms with Crippen LogP contribution in [0.2, 0.25) is 0 Å². The van der Waals surface area contributed by atoms with Crippen molar-refractivity contribution in [2.24, 2.45) is 0 Å². The number of Topliss-reactive ketones (excluding diaryl/α,β-unsaturated/α-hetero) is 1. The molecule has 0 atom stereocenters. The molecule has 0 saturated carbocycles. The molecule has 0 spiro atoms. The average Bonchev–Trinajstić information content (AvgIpc) is 3.19.